The number of ether oxygens (including phenoxy) is 2. The lowest BCUT2D eigenvalue weighted by atomic mass is 10.2. The Morgan fingerprint density at radius 2 is 1.47 bits per heavy atom. The van der Waals surface area contributed by atoms with Crippen molar-refractivity contribution in [2.24, 2.45) is 0 Å². The van der Waals surface area contributed by atoms with Gasteiger partial charge in [0.15, 0.2) is 13.2 Å². The maximum atomic E-state index is 13.3. The first-order valence-electron chi connectivity index (χ1n) is 10.1. The number of piperazine rings is 1. The van der Waals surface area contributed by atoms with Gasteiger partial charge in [0, 0.05) is 37.9 Å². The SMILES string of the molecule is Cc1cccc(N2CCN(S(=O)(=O)c3cc(OCC(F)(F)F)ccc3OCC(F)(F)F)CC2)c1. The average molecular weight is 512 g/mol. The average Bonchev–Trinajstić information content (AvgIpc) is 2.75. The van der Waals surface area contributed by atoms with E-state index in [1.165, 1.54) is 0 Å². The molecule has 2 aromatic rings. The monoisotopic (exact) mass is 512 g/mol. The van der Waals surface area contributed by atoms with Crippen LogP contribution in [0, 0.1) is 6.92 Å². The van der Waals surface area contributed by atoms with Crippen molar-refractivity contribution in [3.05, 3.63) is 48.0 Å². The molecule has 188 valence electrons. The lowest BCUT2D eigenvalue weighted by Crippen LogP contribution is -2.48. The Hall–Kier alpha value is -2.67. The van der Waals surface area contributed by atoms with Crippen LogP contribution in [-0.4, -0.2) is 64.5 Å². The van der Waals surface area contributed by atoms with Crippen LogP contribution in [0.5, 0.6) is 11.5 Å². The van der Waals surface area contributed by atoms with Crippen molar-refractivity contribution in [1.82, 2.24) is 4.31 Å². The zero-order valence-electron chi connectivity index (χ0n) is 18.0. The standard InChI is InChI=1S/C21H22F6N2O4S/c1-15-3-2-4-16(11-15)28-7-9-29(10-8-28)34(30,31)19-12-17(32-13-20(22,23)24)5-6-18(19)33-14-21(25,26)27/h2-6,11-12H,7-10,13-14H2,1H3. The molecule has 0 unspecified atom stereocenters. The second-order valence-corrected chi connectivity index (χ2v) is 9.55. The molecule has 0 bridgehead atoms. The van der Waals surface area contributed by atoms with E-state index in [2.05, 4.69) is 9.47 Å². The van der Waals surface area contributed by atoms with Crippen molar-refractivity contribution < 1.29 is 44.2 Å². The fraction of sp³-hybridized carbons (Fsp3) is 0.429. The van der Waals surface area contributed by atoms with Gasteiger partial charge in [0.2, 0.25) is 10.0 Å². The lowest BCUT2D eigenvalue weighted by Gasteiger charge is -2.35. The first kappa shape index (κ1) is 25.9. The number of benzene rings is 2. The van der Waals surface area contributed by atoms with Gasteiger partial charge in [-0.25, -0.2) is 8.42 Å². The number of rotatable bonds is 7. The number of aryl methyl sites for hydroxylation is 1. The molecule has 0 saturated carbocycles. The molecule has 0 atom stereocenters. The zero-order chi connectivity index (χ0) is 25.1. The Morgan fingerprint density at radius 1 is 0.853 bits per heavy atom. The molecule has 0 N–H and O–H groups in total. The number of sulfonamides is 1. The topological polar surface area (TPSA) is 59.1 Å². The first-order valence-corrected chi connectivity index (χ1v) is 11.5. The fourth-order valence-corrected chi connectivity index (χ4v) is 4.94. The van der Waals surface area contributed by atoms with Crippen LogP contribution in [0.25, 0.3) is 0 Å². The molecule has 1 saturated heterocycles. The highest BCUT2D eigenvalue weighted by atomic mass is 32.2. The zero-order valence-corrected chi connectivity index (χ0v) is 18.8. The second kappa shape index (κ2) is 9.90. The van der Waals surface area contributed by atoms with Crippen LogP contribution in [0.2, 0.25) is 0 Å². The maximum Gasteiger partial charge on any atom is 0.422 e. The van der Waals surface area contributed by atoms with E-state index in [-0.39, 0.29) is 13.1 Å². The summed E-state index contributed by atoms with van der Waals surface area (Å²) in [7, 11) is -4.40. The van der Waals surface area contributed by atoms with Crippen LogP contribution in [0.4, 0.5) is 32.0 Å². The largest absolute Gasteiger partial charge is 0.484 e. The summed E-state index contributed by atoms with van der Waals surface area (Å²) in [6, 6.07) is 10.1. The molecule has 6 nitrogen and oxygen atoms in total. The van der Waals surface area contributed by atoms with Gasteiger partial charge in [-0.15, -0.1) is 0 Å². The highest BCUT2D eigenvalue weighted by Crippen LogP contribution is 2.33. The summed E-state index contributed by atoms with van der Waals surface area (Å²) in [5, 5.41) is 0. The van der Waals surface area contributed by atoms with Crippen molar-refractivity contribution in [2.45, 2.75) is 24.2 Å². The third kappa shape index (κ3) is 6.92. The lowest BCUT2D eigenvalue weighted by molar-refractivity contribution is -0.154. The van der Waals surface area contributed by atoms with Crippen molar-refractivity contribution >= 4 is 15.7 Å². The molecule has 13 heteroatoms. The quantitative estimate of drug-likeness (QED) is 0.516. The van der Waals surface area contributed by atoms with Gasteiger partial charge in [0.25, 0.3) is 0 Å². The van der Waals surface area contributed by atoms with Gasteiger partial charge in [-0.2, -0.15) is 30.6 Å². The molecule has 1 heterocycles. The summed E-state index contributed by atoms with van der Waals surface area (Å²) in [5.41, 5.74) is 1.92. The van der Waals surface area contributed by atoms with Crippen LogP contribution >= 0.6 is 0 Å². The number of alkyl halides is 6. The van der Waals surface area contributed by atoms with E-state index in [0.717, 1.165) is 33.8 Å². The van der Waals surface area contributed by atoms with Gasteiger partial charge >= 0.3 is 12.4 Å². The number of hydrogen-bond acceptors (Lipinski definition) is 5. The minimum absolute atomic E-state index is 0.0165. The van der Waals surface area contributed by atoms with Crippen LogP contribution in [0.3, 0.4) is 0 Å². The highest BCUT2D eigenvalue weighted by molar-refractivity contribution is 7.89. The third-order valence-corrected chi connectivity index (χ3v) is 6.85. The summed E-state index contributed by atoms with van der Waals surface area (Å²) in [4.78, 5) is 1.27. The van der Waals surface area contributed by atoms with Crippen molar-refractivity contribution in [3.63, 3.8) is 0 Å². The van der Waals surface area contributed by atoms with Crippen LogP contribution in [0.15, 0.2) is 47.4 Å². The number of anilines is 1. The predicted molar refractivity (Wildman–Crippen MR) is 112 cm³/mol. The Bertz CT molecular complexity index is 1100. The number of nitrogens with zero attached hydrogens (tertiary/aromatic N) is 2. The van der Waals surface area contributed by atoms with Gasteiger partial charge < -0.3 is 14.4 Å². The predicted octanol–water partition coefficient (Wildman–Crippen LogP) is 4.39. The molecule has 0 aliphatic carbocycles. The summed E-state index contributed by atoms with van der Waals surface area (Å²) in [5.74, 6) is -1.09. The minimum Gasteiger partial charge on any atom is -0.484 e. The number of hydrogen-bond donors (Lipinski definition) is 0. The Balaban J connectivity index is 1.83. The fourth-order valence-electron chi connectivity index (χ4n) is 3.37. The summed E-state index contributed by atoms with van der Waals surface area (Å²) in [6.07, 6.45) is -9.43. The van der Waals surface area contributed by atoms with Gasteiger partial charge in [0.05, 0.1) is 0 Å². The molecule has 2 aromatic carbocycles. The van der Waals surface area contributed by atoms with E-state index in [9.17, 15) is 34.8 Å². The molecule has 1 fully saturated rings. The maximum absolute atomic E-state index is 13.3. The first-order chi connectivity index (χ1) is 15.7. The van der Waals surface area contributed by atoms with Gasteiger partial charge in [-0.1, -0.05) is 12.1 Å². The van der Waals surface area contributed by atoms with E-state index >= 15 is 0 Å². The Morgan fingerprint density at radius 3 is 2.06 bits per heavy atom. The van der Waals surface area contributed by atoms with Gasteiger partial charge in [0.1, 0.15) is 16.4 Å². The second-order valence-electron chi connectivity index (χ2n) is 7.65. The van der Waals surface area contributed by atoms with E-state index in [1.807, 2.05) is 36.1 Å². The van der Waals surface area contributed by atoms with Crippen molar-refractivity contribution in [1.29, 1.82) is 0 Å². The summed E-state index contributed by atoms with van der Waals surface area (Å²) >= 11 is 0. The molecule has 34 heavy (non-hydrogen) atoms. The Labute approximate surface area is 192 Å². The molecular formula is C21H22F6N2O4S. The third-order valence-electron chi connectivity index (χ3n) is 4.93. The van der Waals surface area contributed by atoms with E-state index in [4.69, 9.17) is 0 Å². The molecule has 1 aliphatic rings. The van der Waals surface area contributed by atoms with Crippen LogP contribution in [0.1, 0.15) is 5.56 Å². The number of halogens is 6. The smallest absolute Gasteiger partial charge is 0.422 e. The highest BCUT2D eigenvalue weighted by Gasteiger charge is 2.34. The van der Waals surface area contributed by atoms with E-state index < -0.39 is 52.0 Å². The molecule has 0 spiro atoms. The van der Waals surface area contributed by atoms with Crippen molar-refractivity contribution in [2.75, 3.05) is 44.3 Å². The molecule has 1 aliphatic heterocycles. The molecule has 0 aromatic heterocycles. The molecular weight excluding hydrogens is 490 g/mol. The normalized spacial score (nSPS) is 15.9. The van der Waals surface area contributed by atoms with Gasteiger partial charge in [-0.05, 0) is 36.8 Å². The molecule has 0 amide bonds. The van der Waals surface area contributed by atoms with Gasteiger partial charge in [-0.3, -0.25) is 0 Å². The summed E-state index contributed by atoms with van der Waals surface area (Å²) < 4.78 is 112. The summed E-state index contributed by atoms with van der Waals surface area (Å²) in [6.45, 7) is -0.882. The minimum atomic E-state index is -4.74. The molecule has 0 radical (unpaired) electrons. The Kier molecular flexibility index (Phi) is 7.56. The van der Waals surface area contributed by atoms with Crippen molar-refractivity contribution in [3.8, 4) is 11.5 Å². The van der Waals surface area contributed by atoms with E-state index in [0.29, 0.717) is 13.1 Å². The van der Waals surface area contributed by atoms with Crippen LogP contribution in [-0.2, 0) is 10.0 Å². The van der Waals surface area contributed by atoms with E-state index in [1.54, 1.807) is 0 Å². The van der Waals surface area contributed by atoms with Crippen LogP contribution < -0.4 is 14.4 Å². The molecule has 3 rings (SSSR count).